The largest absolute Gasteiger partial charge is 0.463 e. The zero-order chi connectivity index (χ0) is 28.0. The Labute approximate surface area is 224 Å². The molecule has 0 bridgehead atoms. The van der Waals surface area contributed by atoms with E-state index in [0.29, 0.717) is 13.0 Å². The Balaban J connectivity index is 1.54. The number of hydrogen-bond acceptors (Lipinski definition) is 7. The summed E-state index contributed by atoms with van der Waals surface area (Å²) in [5.41, 5.74) is -0.837. The number of rotatable bonds is 9. The number of nitrogens with zero attached hydrogens (tertiary/aromatic N) is 1. The first-order valence-electron chi connectivity index (χ1n) is 14.0. The van der Waals surface area contributed by atoms with Gasteiger partial charge >= 0.3 is 12.1 Å². The van der Waals surface area contributed by atoms with Gasteiger partial charge in [-0.1, -0.05) is 39.5 Å². The fourth-order valence-electron chi connectivity index (χ4n) is 6.52. The molecule has 10 nitrogen and oxygen atoms in total. The van der Waals surface area contributed by atoms with Gasteiger partial charge in [0.2, 0.25) is 11.8 Å². The first kappa shape index (κ1) is 28.4. The van der Waals surface area contributed by atoms with Crippen molar-refractivity contribution in [3.8, 4) is 0 Å². The monoisotopic (exact) mass is 533 g/mol. The van der Waals surface area contributed by atoms with E-state index in [9.17, 15) is 24.0 Å². The van der Waals surface area contributed by atoms with Crippen LogP contribution in [0.2, 0.25) is 0 Å². The summed E-state index contributed by atoms with van der Waals surface area (Å²) in [6.07, 6.45) is 5.21. The highest BCUT2D eigenvalue weighted by Gasteiger charge is 2.69. The molecular formula is C28H43N3O7. The molecule has 3 aliphatic carbocycles. The number of likely N-dealkylation sites (tertiary alicyclic amines) is 1. The Morgan fingerprint density at radius 1 is 1.00 bits per heavy atom. The fraction of sp³-hybridized carbons (Fsp3) is 0.821. The molecule has 5 atom stereocenters. The summed E-state index contributed by atoms with van der Waals surface area (Å²) in [5.74, 6) is -2.14. The van der Waals surface area contributed by atoms with Gasteiger partial charge in [0.1, 0.15) is 17.7 Å². The maximum absolute atomic E-state index is 14.0. The summed E-state index contributed by atoms with van der Waals surface area (Å²) in [7, 11) is 1.14. The Bertz CT molecular complexity index is 977. The van der Waals surface area contributed by atoms with E-state index in [1.807, 2.05) is 0 Å². The van der Waals surface area contributed by atoms with Crippen LogP contribution in [0.4, 0.5) is 4.79 Å². The number of fused-ring (bicyclic) bond motifs is 1. The summed E-state index contributed by atoms with van der Waals surface area (Å²) < 4.78 is 10.1. The van der Waals surface area contributed by atoms with Crippen molar-refractivity contribution in [2.45, 2.75) is 103 Å². The molecule has 0 aromatic heterocycles. The summed E-state index contributed by atoms with van der Waals surface area (Å²) in [6, 6.07) is -2.55. The van der Waals surface area contributed by atoms with Gasteiger partial charge in [-0.2, -0.15) is 0 Å². The molecule has 0 spiro atoms. The summed E-state index contributed by atoms with van der Waals surface area (Å²) >= 11 is 0. The summed E-state index contributed by atoms with van der Waals surface area (Å²) in [4.78, 5) is 66.8. The van der Waals surface area contributed by atoms with Crippen molar-refractivity contribution in [1.82, 2.24) is 15.5 Å². The minimum Gasteiger partial charge on any atom is -0.463 e. The van der Waals surface area contributed by atoms with Gasteiger partial charge in [-0.25, -0.2) is 9.59 Å². The highest BCUT2D eigenvalue weighted by molar-refractivity contribution is 6.36. The molecule has 1 heterocycles. The van der Waals surface area contributed by atoms with Gasteiger partial charge in [-0.05, 0) is 69.1 Å². The average molecular weight is 534 g/mol. The second-order valence-corrected chi connectivity index (χ2v) is 13.2. The number of ether oxygens (including phenoxy) is 2. The molecule has 4 rings (SSSR count). The number of alkyl carbamates (subject to hydrolysis) is 1. The van der Waals surface area contributed by atoms with Crippen LogP contribution in [0.3, 0.4) is 0 Å². The third kappa shape index (κ3) is 5.99. The maximum atomic E-state index is 14.0. The maximum Gasteiger partial charge on any atom is 0.408 e. The van der Waals surface area contributed by atoms with E-state index < -0.39 is 47.5 Å². The van der Waals surface area contributed by atoms with E-state index in [1.54, 1.807) is 25.7 Å². The van der Waals surface area contributed by atoms with E-state index in [-0.39, 0.29) is 35.0 Å². The Hall–Kier alpha value is -2.65. The number of methoxy groups -OCH3 is 1. The molecule has 4 aliphatic rings. The van der Waals surface area contributed by atoms with Crippen molar-refractivity contribution in [2.24, 2.45) is 29.1 Å². The van der Waals surface area contributed by atoms with Crippen molar-refractivity contribution in [3.63, 3.8) is 0 Å². The third-order valence-corrected chi connectivity index (χ3v) is 8.86. The Morgan fingerprint density at radius 2 is 1.63 bits per heavy atom. The lowest BCUT2D eigenvalue weighted by molar-refractivity contribution is -0.153. The molecule has 10 heteroatoms. The van der Waals surface area contributed by atoms with Gasteiger partial charge in [0.15, 0.2) is 0 Å². The highest BCUT2D eigenvalue weighted by atomic mass is 16.6. The molecule has 4 fully saturated rings. The predicted molar refractivity (Wildman–Crippen MR) is 138 cm³/mol. The molecule has 3 amide bonds. The van der Waals surface area contributed by atoms with Crippen LogP contribution in [-0.4, -0.2) is 71.9 Å². The normalized spacial score (nSPS) is 27.6. The molecular weight excluding hydrogens is 490 g/mol. The lowest BCUT2D eigenvalue weighted by Gasteiger charge is -2.35. The lowest BCUT2D eigenvalue weighted by Crippen LogP contribution is -2.59. The standard InChI is InChI=1S/C28H43N3O7/c1-27(2,3)38-26(36)30-20(16-9-7-8-10-16)24(34)31-14-17-19(28(17,4)5)21(31)23(33)29-18(13-15-11-12-15)22(32)25(35)37-6/h15-21H,7-14H2,1-6H3,(H,29,33)(H,30,36)/t17-,18?,19-,20-,21-/m0/s1. The second kappa shape index (κ2) is 10.5. The van der Waals surface area contributed by atoms with Crippen molar-refractivity contribution < 1.29 is 33.4 Å². The van der Waals surface area contributed by atoms with E-state index in [0.717, 1.165) is 45.6 Å². The summed E-state index contributed by atoms with van der Waals surface area (Å²) in [6.45, 7) is 9.87. The molecule has 0 aromatic carbocycles. The highest BCUT2D eigenvalue weighted by Crippen LogP contribution is 2.65. The molecule has 1 aliphatic heterocycles. The second-order valence-electron chi connectivity index (χ2n) is 13.2. The van der Waals surface area contributed by atoms with Crippen molar-refractivity contribution in [3.05, 3.63) is 0 Å². The molecule has 0 radical (unpaired) electrons. The number of carbonyl (C=O) groups excluding carboxylic acids is 5. The number of esters is 1. The molecule has 2 N–H and O–H groups in total. The topological polar surface area (TPSA) is 131 Å². The first-order valence-corrected chi connectivity index (χ1v) is 14.0. The number of piperidine rings is 1. The van der Waals surface area contributed by atoms with Crippen LogP contribution in [-0.2, 0) is 28.7 Å². The minimum absolute atomic E-state index is 0.0350. The predicted octanol–water partition coefficient (Wildman–Crippen LogP) is 2.58. The molecule has 0 aromatic rings. The summed E-state index contributed by atoms with van der Waals surface area (Å²) in [5, 5.41) is 5.63. The van der Waals surface area contributed by atoms with Crippen LogP contribution >= 0.6 is 0 Å². The fourth-order valence-corrected chi connectivity index (χ4v) is 6.52. The first-order chi connectivity index (χ1) is 17.7. The number of carbonyl (C=O) groups is 5. The van der Waals surface area contributed by atoms with Gasteiger partial charge in [0.05, 0.1) is 13.2 Å². The molecule has 1 unspecified atom stereocenters. The molecule has 38 heavy (non-hydrogen) atoms. The quantitative estimate of drug-likeness (QED) is 0.344. The smallest absolute Gasteiger partial charge is 0.408 e. The van der Waals surface area contributed by atoms with Gasteiger partial charge < -0.3 is 25.0 Å². The van der Waals surface area contributed by atoms with Crippen LogP contribution in [0.15, 0.2) is 0 Å². The average Bonchev–Trinajstić information content (AvgIpc) is 3.53. The van der Waals surface area contributed by atoms with Crippen LogP contribution in [0.5, 0.6) is 0 Å². The van der Waals surface area contributed by atoms with Gasteiger partial charge in [0, 0.05) is 6.54 Å². The number of ketones is 1. The van der Waals surface area contributed by atoms with Crippen LogP contribution in [0.1, 0.15) is 79.6 Å². The SMILES string of the molecule is COC(=O)C(=O)C(CC1CC1)NC(=O)[C@@H]1[C@@H]2[C@H](CN1C(=O)[C@@H](NC(=O)OC(C)(C)C)C1CCCC1)C2(C)C. The van der Waals surface area contributed by atoms with E-state index in [1.165, 1.54) is 0 Å². The van der Waals surface area contributed by atoms with Crippen LogP contribution in [0.25, 0.3) is 0 Å². The number of nitrogens with one attached hydrogen (secondary N) is 2. The molecule has 1 saturated heterocycles. The van der Waals surface area contributed by atoms with Gasteiger partial charge in [-0.3, -0.25) is 14.4 Å². The van der Waals surface area contributed by atoms with Crippen LogP contribution in [0, 0.1) is 29.1 Å². The zero-order valence-corrected chi connectivity index (χ0v) is 23.5. The van der Waals surface area contributed by atoms with E-state index in [4.69, 9.17) is 4.74 Å². The number of amides is 3. The lowest BCUT2D eigenvalue weighted by atomic mass is 9.94. The molecule has 212 valence electrons. The number of Topliss-reactive ketones (excluding diaryl/α,β-unsaturated/α-hetero) is 1. The Morgan fingerprint density at radius 3 is 2.18 bits per heavy atom. The Kier molecular flexibility index (Phi) is 7.83. The van der Waals surface area contributed by atoms with Crippen molar-refractivity contribution in [1.29, 1.82) is 0 Å². The number of hydrogen-bond donors (Lipinski definition) is 2. The van der Waals surface area contributed by atoms with E-state index in [2.05, 4.69) is 29.2 Å². The van der Waals surface area contributed by atoms with E-state index >= 15 is 0 Å². The van der Waals surface area contributed by atoms with Crippen molar-refractivity contribution in [2.75, 3.05) is 13.7 Å². The van der Waals surface area contributed by atoms with Gasteiger partial charge in [0.25, 0.3) is 5.78 Å². The molecule has 3 saturated carbocycles. The third-order valence-electron chi connectivity index (χ3n) is 8.86. The zero-order valence-electron chi connectivity index (χ0n) is 23.5. The minimum atomic E-state index is -0.984. The van der Waals surface area contributed by atoms with Gasteiger partial charge in [-0.15, -0.1) is 0 Å². The van der Waals surface area contributed by atoms with Crippen LogP contribution < -0.4 is 10.6 Å². The van der Waals surface area contributed by atoms with Crippen molar-refractivity contribution >= 4 is 29.7 Å².